The van der Waals surface area contributed by atoms with Crippen LogP contribution in [0, 0.1) is 0 Å². The standard InChI is InChI=1S/C14H22N2O2S/c1-12(13-6-3-2-4-7-13)11-19(17,18)16-14-8-5-9-15-10-14/h2-4,6-7,12,14-16H,5,8-11H2,1H3/t12?,14-/m1/s1. The van der Waals surface area contributed by atoms with Crippen LogP contribution in [0.3, 0.4) is 0 Å². The molecule has 1 fully saturated rings. The Morgan fingerprint density at radius 1 is 1.37 bits per heavy atom. The van der Waals surface area contributed by atoms with Gasteiger partial charge in [0.2, 0.25) is 10.0 Å². The molecule has 1 aliphatic rings. The fourth-order valence-corrected chi connectivity index (χ4v) is 4.12. The minimum absolute atomic E-state index is 0.00949. The Balaban J connectivity index is 1.93. The maximum Gasteiger partial charge on any atom is 0.212 e. The normalized spacial score (nSPS) is 22.1. The van der Waals surface area contributed by atoms with Crippen molar-refractivity contribution >= 4 is 10.0 Å². The lowest BCUT2D eigenvalue weighted by Crippen LogP contribution is -2.46. The summed E-state index contributed by atoms with van der Waals surface area (Å²) >= 11 is 0. The van der Waals surface area contributed by atoms with Crippen molar-refractivity contribution in [3.8, 4) is 0 Å². The van der Waals surface area contributed by atoms with E-state index < -0.39 is 10.0 Å². The zero-order chi connectivity index (χ0) is 13.7. The van der Waals surface area contributed by atoms with E-state index in [1.165, 1.54) is 0 Å². The summed E-state index contributed by atoms with van der Waals surface area (Å²) in [7, 11) is -3.22. The second kappa shape index (κ2) is 6.50. The zero-order valence-corrected chi connectivity index (χ0v) is 12.1. The molecule has 2 rings (SSSR count). The third-order valence-electron chi connectivity index (χ3n) is 3.48. The van der Waals surface area contributed by atoms with Gasteiger partial charge in [0.05, 0.1) is 5.75 Å². The third-order valence-corrected chi connectivity index (χ3v) is 5.11. The van der Waals surface area contributed by atoms with Crippen LogP contribution in [0.2, 0.25) is 0 Å². The van der Waals surface area contributed by atoms with Crippen LogP contribution in [-0.4, -0.2) is 33.3 Å². The summed E-state index contributed by atoms with van der Waals surface area (Å²) in [6.07, 6.45) is 1.95. The molecule has 1 aromatic carbocycles. The predicted molar refractivity (Wildman–Crippen MR) is 77.7 cm³/mol. The minimum atomic E-state index is -3.22. The second-order valence-corrected chi connectivity index (χ2v) is 7.05. The summed E-state index contributed by atoms with van der Waals surface area (Å²) in [6, 6.07) is 9.82. The first kappa shape index (κ1) is 14.5. The van der Waals surface area contributed by atoms with Crippen molar-refractivity contribution in [1.82, 2.24) is 10.0 Å². The summed E-state index contributed by atoms with van der Waals surface area (Å²) < 4.78 is 27.1. The lowest BCUT2D eigenvalue weighted by molar-refractivity contribution is 0.428. The van der Waals surface area contributed by atoms with Crippen LogP contribution in [0.5, 0.6) is 0 Å². The van der Waals surface area contributed by atoms with Crippen molar-refractivity contribution in [2.24, 2.45) is 0 Å². The summed E-state index contributed by atoms with van der Waals surface area (Å²) in [5.41, 5.74) is 1.06. The first-order valence-corrected chi connectivity index (χ1v) is 8.48. The molecule has 106 valence electrons. The van der Waals surface area contributed by atoms with E-state index in [1.807, 2.05) is 37.3 Å². The van der Waals surface area contributed by atoms with Crippen LogP contribution in [0.25, 0.3) is 0 Å². The Morgan fingerprint density at radius 2 is 2.11 bits per heavy atom. The van der Waals surface area contributed by atoms with Gasteiger partial charge in [0.1, 0.15) is 0 Å². The van der Waals surface area contributed by atoms with Gasteiger partial charge in [0.15, 0.2) is 0 Å². The highest BCUT2D eigenvalue weighted by atomic mass is 32.2. The number of piperidine rings is 1. The highest BCUT2D eigenvalue weighted by Gasteiger charge is 2.22. The summed E-state index contributed by atoms with van der Waals surface area (Å²) in [5.74, 6) is 0.156. The second-order valence-electron chi connectivity index (χ2n) is 5.25. The first-order valence-electron chi connectivity index (χ1n) is 6.82. The fraction of sp³-hybridized carbons (Fsp3) is 0.571. The van der Waals surface area contributed by atoms with Crippen LogP contribution >= 0.6 is 0 Å². The molecular weight excluding hydrogens is 260 g/mol. The summed E-state index contributed by atoms with van der Waals surface area (Å²) in [6.45, 7) is 3.67. The van der Waals surface area contributed by atoms with Crippen molar-refractivity contribution in [3.05, 3.63) is 35.9 Å². The Hall–Kier alpha value is -0.910. The first-order chi connectivity index (χ1) is 9.07. The molecule has 0 aromatic heterocycles. The van der Waals surface area contributed by atoms with Gasteiger partial charge in [0, 0.05) is 12.6 Å². The van der Waals surface area contributed by atoms with Gasteiger partial charge in [-0.15, -0.1) is 0 Å². The molecule has 1 aliphatic heterocycles. The van der Waals surface area contributed by atoms with Gasteiger partial charge in [-0.1, -0.05) is 37.3 Å². The molecule has 19 heavy (non-hydrogen) atoms. The molecule has 1 saturated heterocycles. The lowest BCUT2D eigenvalue weighted by Gasteiger charge is -2.24. The maximum absolute atomic E-state index is 12.1. The molecule has 2 N–H and O–H groups in total. The number of nitrogens with one attached hydrogen (secondary N) is 2. The van der Waals surface area contributed by atoms with Gasteiger partial charge in [-0.25, -0.2) is 13.1 Å². The van der Waals surface area contributed by atoms with E-state index in [9.17, 15) is 8.42 Å². The highest BCUT2D eigenvalue weighted by molar-refractivity contribution is 7.89. The van der Waals surface area contributed by atoms with Crippen LogP contribution in [-0.2, 0) is 10.0 Å². The molecule has 0 amide bonds. The van der Waals surface area contributed by atoms with Gasteiger partial charge < -0.3 is 5.32 Å². The number of sulfonamides is 1. The molecule has 0 radical (unpaired) electrons. The number of hydrogen-bond acceptors (Lipinski definition) is 3. The van der Waals surface area contributed by atoms with Crippen molar-refractivity contribution in [1.29, 1.82) is 0 Å². The van der Waals surface area contributed by atoms with Gasteiger partial charge in [-0.2, -0.15) is 0 Å². The van der Waals surface area contributed by atoms with E-state index in [-0.39, 0.29) is 17.7 Å². The maximum atomic E-state index is 12.1. The molecule has 1 aromatic rings. The van der Waals surface area contributed by atoms with E-state index >= 15 is 0 Å². The summed E-state index contributed by atoms with van der Waals surface area (Å²) in [4.78, 5) is 0. The quantitative estimate of drug-likeness (QED) is 0.859. The van der Waals surface area contributed by atoms with Crippen LogP contribution < -0.4 is 10.0 Å². The molecule has 0 aliphatic carbocycles. The van der Waals surface area contributed by atoms with Crippen molar-refractivity contribution in [3.63, 3.8) is 0 Å². The Kier molecular flexibility index (Phi) is 4.96. The monoisotopic (exact) mass is 282 g/mol. The highest BCUT2D eigenvalue weighted by Crippen LogP contribution is 2.16. The fourth-order valence-electron chi connectivity index (χ4n) is 2.46. The van der Waals surface area contributed by atoms with Crippen molar-refractivity contribution in [2.75, 3.05) is 18.8 Å². The van der Waals surface area contributed by atoms with E-state index in [4.69, 9.17) is 0 Å². The van der Waals surface area contributed by atoms with Crippen LogP contribution in [0.15, 0.2) is 30.3 Å². The SMILES string of the molecule is CC(CS(=O)(=O)N[C@@H]1CCCNC1)c1ccccc1. The van der Waals surface area contributed by atoms with Gasteiger partial charge in [-0.3, -0.25) is 0 Å². The average molecular weight is 282 g/mol. The van der Waals surface area contributed by atoms with E-state index in [0.717, 1.165) is 31.5 Å². The average Bonchev–Trinajstić information content (AvgIpc) is 2.39. The van der Waals surface area contributed by atoms with Crippen LogP contribution in [0.4, 0.5) is 0 Å². The van der Waals surface area contributed by atoms with Gasteiger partial charge in [0.25, 0.3) is 0 Å². The Bertz CT molecular complexity index is 481. The van der Waals surface area contributed by atoms with Gasteiger partial charge in [-0.05, 0) is 30.9 Å². The smallest absolute Gasteiger partial charge is 0.212 e. The molecule has 5 heteroatoms. The van der Waals surface area contributed by atoms with Crippen molar-refractivity contribution in [2.45, 2.75) is 31.7 Å². The molecule has 0 saturated carbocycles. The molecule has 1 heterocycles. The molecule has 0 spiro atoms. The lowest BCUT2D eigenvalue weighted by atomic mass is 10.0. The van der Waals surface area contributed by atoms with E-state index in [0.29, 0.717) is 0 Å². The Labute approximate surface area is 115 Å². The largest absolute Gasteiger partial charge is 0.315 e. The zero-order valence-electron chi connectivity index (χ0n) is 11.3. The molecule has 0 bridgehead atoms. The number of rotatable bonds is 5. The van der Waals surface area contributed by atoms with Crippen LogP contribution in [0.1, 0.15) is 31.2 Å². The van der Waals surface area contributed by atoms with Gasteiger partial charge >= 0.3 is 0 Å². The minimum Gasteiger partial charge on any atom is -0.315 e. The van der Waals surface area contributed by atoms with E-state index in [1.54, 1.807) is 0 Å². The van der Waals surface area contributed by atoms with E-state index in [2.05, 4.69) is 10.0 Å². The topological polar surface area (TPSA) is 58.2 Å². The van der Waals surface area contributed by atoms with Crippen molar-refractivity contribution < 1.29 is 8.42 Å². The number of benzene rings is 1. The number of hydrogen-bond donors (Lipinski definition) is 2. The molecular formula is C14H22N2O2S. The predicted octanol–water partition coefficient (Wildman–Crippen LogP) is 1.46. The summed E-state index contributed by atoms with van der Waals surface area (Å²) in [5, 5.41) is 3.22. The molecule has 2 atom stereocenters. The molecule has 4 nitrogen and oxygen atoms in total. The molecule has 1 unspecified atom stereocenters. The Morgan fingerprint density at radius 3 is 2.74 bits per heavy atom. The third kappa shape index (κ3) is 4.60.